The van der Waals surface area contributed by atoms with Crippen LogP contribution in [0, 0.1) is 10.9 Å². The van der Waals surface area contributed by atoms with Crippen LogP contribution in [0.25, 0.3) is 22.4 Å². The maximum Gasteiger partial charge on any atom is 0.323 e. The van der Waals surface area contributed by atoms with E-state index in [-0.39, 0.29) is 12.4 Å². The average molecular weight is 405 g/mol. The summed E-state index contributed by atoms with van der Waals surface area (Å²) in [5.74, 6) is -1.17. The maximum atomic E-state index is 10.9. The Balaban J connectivity index is 1.84. The van der Waals surface area contributed by atoms with E-state index >= 15 is 0 Å². The van der Waals surface area contributed by atoms with Crippen LogP contribution >= 0.6 is 34.9 Å². The topological polar surface area (TPSA) is 75.4 Å². The van der Waals surface area contributed by atoms with Gasteiger partial charge >= 0.3 is 5.97 Å². The van der Waals surface area contributed by atoms with Crippen LogP contribution in [0.1, 0.15) is 22.4 Å². The molecule has 0 radical (unpaired) electrons. The van der Waals surface area contributed by atoms with Gasteiger partial charge in [-0.05, 0) is 61.5 Å². The van der Waals surface area contributed by atoms with Crippen LogP contribution in [0.3, 0.4) is 0 Å². The van der Waals surface area contributed by atoms with Crippen molar-refractivity contribution in [2.24, 2.45) is 0 Å². The van der Waals surface area contributed by atoms with E-state index in [9.17, 15) is 9.90 Å². The summed E-state index contributed by atoms with van der Waals surface area (Å²) in [5.41, 5.74) is 3.08. The third-order valence-electron chi connectivity index (χ3n) is 3.60. The molecule has 0 saturated carbocycles. The van der Waals surface area contributed by atoms with Crippen LogP contribution in [0.2, 0.25) is 0 Å². The number of nitrogens with zero attached hydrogens (tertiary/aromatic N) is 2. The monoisotopic (exact) mass is 404 g/mol. The fraction of sp³-hybridized carbons (Fsp3) is 0.167. The van der Waals surface area contributed by atoms with Gasteiger partial charge in [0.1, 0.15) is 11.6 Å². The summed E-state index contributed by atoms with van der Waals surface area (Å²) in [7, 11) is 0. The molecule has 0 bridgehead atoms. The zero-order valence-corrected chi connectivity index (χ0v) is 16.5. The molecule has 0 amide bonds. The number of rotatable bonds is 5. The lowest BCUT2D eigenvalue weighted by Crippen LogP contribution is -2.07. The summed E-state index contributed by atoms with van der Waals surface area (Å²) >= 11 is 7.92. The molecule has 8 heteroatoms. The van der Waals surface area contributed by atoms with Gasteiger partial charge in [-0.2, -0.15) is 0 Å². The zero-order valence-electron chi connectivity index (χ0n) is 14.1. The Morgan fingerprint density at radius 2 is 2.15 bits per heavy atom. The normalized spacial score (nSPS) is 12.3. The van der Waals surface area contributed by atoms with Crippen LogP contribution < -0.4 is 0 Å². The first-order chi connectivity index (χ1) is 12.3. The Hall–Kier alpha value is -2.29. The van der Waals surface area contributed by atoms with Gasteiger partial charge in [-0.3, -0.25) is 9.36 Å². The van der Waals surface area contributed by atoms with Gasteiger partial charge in [-0.1, -0.05) is 12.1 Å². The van der Waals surface area contributed by atoms with Gasteiger partial charge in [-0.15, -0.1) is 22.7 Å². The van der Waals surface area contributed by atoms with Crippen molar-refractivity contribution in [3.63, 3.8) is 0 Å². The standard InChI is InChI=1S/C18H16N2O3S3/c1-10-3-5-12-13(7-10)25-15(19-12)6-4-11(2)8-14-17(23)20(9-16(21)22)18(24)26-14/h3-8,23H,9H2,1-2H3,(H,21,22). The highest BCUT2D eigenvalue weighted by Crippen LogP contribution is 2.29. The minimum Gasteiger partial charge on any atom is -0.493 e. The SMILES string of the molecule is CC(C=Cc1nc2ccc(C)cc2s1)=Cc1sc(=S)n(CC(=O)O)c1O. The molecule has 0 fully saturated rings. The van der Waals surface area contributed by atoms with Crippen molar-refractivity contribution >= 4 is 63.2 Å². The van der Waals surface area contributed by atoms with Crippen LogP contribution in [0.4, 0.5) is 0 Å². The molecule has 0 saturated heterocycles. The highest BCUT2D eigenvalue weighted by atomic mass is 32.1. The second-order valence-corrected chi connectivity index (χ2v) is 8.52. The molecule has 0 spiro atoms. The number of carbonyl (C=O) groups is 1. The van der Waals surface area contributed by atoms with E-state index in [1.165, 1.54) is 21.5 Å². The van der Waals surface area contributed by atoms with Crippen molar-refractivity contribution in [3.05, 3.63) is 49.3 Å². The molecule has 2 N–H and O–H groups in total. The fourth-order valence-corrected chi connectivity index (χ4v) is 4.65. The molecule has 3 aromatic rings. The Bertz CT molecular complexity index is 1100. The highest BCUT2D eigenvalue weighted by molar-refractivity contribution is 7.73. The maximum absolute atomic E-state index is 10.9. The summed E-state index contributed by atoms with van der Waals surface area (Å²) < 4.78 is 2.68. The van der Waals surface area contributed by atoms with E-state index in [1.807, 2.05) is 31.2 Å². The minimum absolute atomic E-state index is 0.120. The second kappa shape index (κ2) is 7.53. The van der Waals surface area contributed by atoms with Gasteiger partial charge < -0.3 is 10.2 Å². The number of allylic oxidation sites excluding steroid dienone is 2. The van der Waals surface area contributed by atoms with Crippen LogP contribution in [0.15, 0.2) is 29.8 Å². The second-order valence-electron chi connectivity index (χ2n) is 5.78. The number of fused-ring (bicyclic) bond motifs is 1. The molecule has 0 unspecified atom stereocenters. The number of aryl methyl sites for hydroxylation is 1. The van der Waals surface area contributed by atoms with E-state index < -0.39 is 5.97 Å². The van der Waals surface area contributed by atoms with Crippen LogP contribution in [-0.4, -0.2) is 25.7 Å². The molecule has 5 nitrogen and oxygen atoms in total. The molecule has 1 aromatic carbocycles. The first-order valence-electron chi connectivity index (χ1n) is 7.71. The summed E-state index contributed by atoms with van der Waals surface area (Å²) in [4.78, 5) is 16.0. The smallest absolute Gasteiger partial charge is 0.323 e. The number of carboxylic acid groups (broad SMARTS) is 1. The van der Waals surface area contributed by atoms with Gasteiger partial charge in [-0.25, -0.2) is 4.98 Å². The van der Waals surface area contributed by atoms with E-state index in [2.05, 4.69) is 18.0 Å². The lowest BCUT2D eigenvalue weighted by atomic mass is 10.2. The van der Waals surface area contributed by atoms with Gasteiger partial charge in [0.15, 0.2) is 3.95 Å². The number of hydrogen-bond acceptors (Lipinski definition) is 6. The third kappa shape index (κ3) is 4.09. The predicted molar refractivity (Wildman–Crippen MR) is 109 cm³/mol. The summed E-state index contributed by atoms with van der Waals surface area (Å²) in [5, 5.41) is 20.0. The molecular weight excluding hydrogens is 388 g/mol. The van der Waals surface area contributed by atoms with Gasteiger partial charge in [0.25, 0.3) is 0 Å². The highest BCUT2D eigenvalue weighted by Gasteiger charge is 2.12. The summed E-state index contributed by atoms with van der Waals surface area (Å²) in [6, 6.07) is 6.17. The van der Waals surface area contributed by atoms with E-state index in [1.54, 1.807) is 17.4 Å². The summed E-state index contributed by atoms with van der Waals surface area (Å²) in [6.45, 7) is 3.60. The number of hydrogen-bond donors (Lipinski definition) is 2. The molecule has 134 valence electrons. The van der Waals surface area contributed by atoms with Crippen molar-refractivity contribution in [1.29, 1.82) is 0 Å². The first kappa shape index (κ1) is 18.5. The van der Waals surface area contributed by atoms with Gasteiger partial charge in [0.05, 0.1) is 15.1 Å². The van der Waals surface area contributed by atoms with Gasteiger partial charge in [0.2, 0.25) is 5.88 Å². The summed E-state index contributed by atoms with van der Waals surface area (Å²) in [6.07, 6.45) is 5.62. The van der Waals surface area contributed by atoms with Crippen molar-refractivity contribution in [1.82, 2.24) is 9.55 Å². The van der Waals surface area contributed by atoms with E-state index in [0.717, 1.165) is 20.8 Å². The van der Waals surface area contributed by atoms with Crippen LogP contribution in [0.5, 0.6) is 5.88 Å². The number of thiazole rings is 2. The lowest BCUT2D eigenvalue weighted by molar-refractivity contribution is -0.137. The predicted octanol–water partition coefficient (Wildman–Crippen LogP) is 5.10. The number of aromatic hydroxyl groups is 1. The molecule has 0 aliphatic heterocycles. The van der Waals surface area contributed by atoms with Crippen molar-refractivity contribution in [3.8, 4) is 5.88 Å². The Morgan fingerprint density at radius 1 is 1.38 bits per heavy atom. The third-order valence-corrected chi connectivity index (χ3v) is 5.96. The number of aromatic nitrogens is 2. The van der Waals surface area contributed by atoms with Gasteiger partial charge in [0, 0.05) is 0 Å². The van der Waals surface area contributed by atoms with Crippen molar-refractivity contribution < 1.29 is 15.0 Å². The zero-order chi connectivity index (χ0) is 18.8. The fourth-order valence-electron chi connectivity index (χ4n) is 2.36. The Labute approximate surface area is 163 Å². The Kier molecular flexibility index (Phi) is 5.36. The number of benzene rings is 1. The molecule has 0 atom stereocenters. The Morgan fingerprint density at radius 3 is 2.88 bits per heavy atom. The first-order valence-corrected chi connectivity index (χ1v) is 9.75. The van der Waals surface area contributed by atoms with E-state index in [0.29, 0.717) is 8.83 Å². The molecule has 0 aliphatic carbocycles. The quantitative estimate of drug-likeness (QED) is 0.457. The van der Waals surface area contributed by atoms with Crippen LogP contribution in [-0.2, 0) is 11.3 Å². The molecular formula is C18H16N2O3S3. The average Bonchev–Trinajstić information content (AvgIpc) is 3.08. The molecule has 3 rings (SSSR count). The van der Waals surface area contributed by atoms with Crippen molar-refractivity contribution in [2.45, 2.75) is 20.4 Å². The molecule has 2 heterocycles. The molecule has 2 aromatic heterocycles. The minimum atomic E-state index is -1.05. The number of aliphatic carboxylic acids is 1. The lowest BCUT2D eigenvalue weighted by Gasteiger charge is -1.99. The molecule has 0 aliphatic rings. The van der Waals surface area contributed by atoms with E-state index in [4.69, 9.17) is 17.3 Å². The number of carboxylic acids is 1. The van der Waals surface area contributed by atoms with Crippen molar-refractivity contribution in [2.75, 3.05) is 0 Å². The largest absolute Gasteiger partial charge is 0.493 e. The molecule has 26 heavy (non-hydrogen) atoms.